The van der Waals surface area contributed by atoms with E-state index in [1.165, 1.54) is 23.1 Å². The summed E-state index contributed by atoms with van der Waals surface area (Å²) >= 11 is 3.06. The molecule has 8 heteroatoms. The zero-order chi connectivity index (χ0) is 21.5. The summed E-state index contributed by atoms with van der Waals surface area (Å²) in [5, 5.41) is 1.98. The maximum atomic E-state index is 12.6. The van der Waals surface area contributed by atoms with Crippen LogP contribution in [0.2, 0.25) is 0 Å². The van der Waals surface area contributed by atoms with Crippen LogP contribution in [0.3, 0.4) is 0 Å². The minimum absolute atomic E-state index is 0.385. The van der Waals surface area contributed by atoms with Gasteiger partial charge in [-0.1, -0.05) is 24.3 Å². The van der Waals surface area contributed by atoms with Gasteiger partial charge in [0.2, 0.25) is 0 Å². The van der Waals surface area contributed by atoms with Gasteiger partial charge in [0.05, 0.1) is 16.8 Å². The number of carbonyl (C=O) groups is 2. The van der Waals surface area contributed by atoms with E-state index in [0.29, 0.717) is 17.1 Å². The SMILES string of the molecule is Cc1cccc(O[C@H](C)C(=O)NNC(=O)c2ccccc2SCc2cscn2)c1C. The Hall–Kier alpha value is -2.84. The van der Waals surface area contributed by atoms with Gasteiger partial charge >= 0.3 is 0 Å². The second kappa shape index (κ2) is 10.3. The van der Waals surface area contributed by atoms with Gasteiger partial charge in [-0.05, 0) is 50.1 Å². The summed E-state index contributed by atoms with van der Waals surface area (Å²) < 4.78 is 5.76. The van der Waals surface area contributed by atoms with Gasteiger partial charge in [0.1, 0.15) is 5.75 Å². The van der Waals surface area contributed by atoms with Crippen LogP contribution in [-0.4, -0.2) is 22.9 Å². The quantitative estimate of drug-likeness (QED) is 0.423. The lowest BCUT2D eigenvalue weighted by molar-refractivity contribution is -0.128. The molecule has 30 heavy (non-hydrogen) atoms. The highest BCUT2D eigenvalue weighted by molar-refractivity contribution is 7.98. The molecule has 156 valence electrons. The molecule has 3 rings (SSSR count). The zero-order valence-corrected chi connectivity index (χ0v) is 18.6. The molecule has 0 aliphatic heterocycles. The average Bonchev–Trinajstić information content (AvgIpc) is 3.27. The van der Waals surface area contributed by atoms with E-state index in [-0.39, 0.29) is 5.91 Å². The van der Waals surface area contributed by atoms with E-state index in [1.807, 2.05) is 49.6 Å². The lowest BCUT2D eigenvalue weighted by Gasteiger charge is -2.17. The van der Waals surface area contributed by atoms with Crippen LogP contribution in [-0.2, 0) is 10.5 Å². The summed E-state index contributed by atoms with van der Waals surface area (Å²) in [5.74, 6) is 0.495. The summed E-state index contributed by atoms with van der Waals surface area (Å²) in [4.78, 5) is 30.1. The van der Waals surface area contributed by atoms with Crippen LogP contribution in [0.5, 0.6) is 5.75 Å². The number of thiazole rings is 1. The molecular formula is C22H23N3O3S2. The number of amides is 2. The zero-order valence-electron chi connectivity index (χ0n) is 17.0. The first kappa shape index (κ1) is 21.9. The number of nitrogens with zero attached hydrogens (tertiary/aromatic N) is 1. The normalized spacial score (nSPS) is 11.6. The second-order valence-electron chi connectivity index (χ2n) is 6.67. The van der Waals surface area contributed by atoms with Crippen molar-refractivity contribution in [1.29, 1.82) is 0 Å². The summed E-state index contributed by atoms with van der Waals surface area (Å²) in [6.45, 7) is 5.56. The number of carbonyl (C=O) groups excluding carboxylic acids is 2. The third-order valence-corrected chi connectivity index (χ3v) is 6.26. The van der Waals surface area contributed by atoms with Crippen molar-refractivity contribution in [2.45, 2.75) is 37.5 Å². The Labute approximate surface area is 184 Å². The fraction of sp³-hybridized carbons (Fsp3) is 0.227. The van der Waals surface area contributed by atoms with Gasteiger partial charge in [0, 0.05) is 16.0 Å². The Bertz CT molecular complexity index is 1020. The molecule has 2 N–H and O–H groups in total. The molecule has 0 fully saturated rings. The van der Waals surface area contributed by atoms with Crippen molar-refractivity contribution in [3.8, 4) is 5.75 Å². The van der Waals surface area contributed by atoms with Crippen molar-refractivity contribution in [3.63, 3.8) is 0 Å². The van der Waals surface area contributed by atoms with Gasteiger partial charge in [-0.2, -0.15) is 0 Å². The Morgan fingerprint density at radius 3 is 2.70 bits per heavy atom. The van der Waals surface area contributed by atoms with E-state index in [0.717, 1.165) is 21.7 Å². The van der Waals surface area contributed by atoms with Crippen LogP contribution in [0.15, 0.2) is 58.3 Å². The largest absolute Gasteiger partial charge is 0.481 e. The first-order valence-corrected chi connectivity index (χ1v) is 11.3. The van der Waals surface area contributed by atoms with Crippen LogP contribution < -0.4 is 15.6 Å². The summed E-state index contributed by atoms with van der Waals surface area (Å²) in [7, 11) is 0. The summed E-state index contributed by atoms with van der Waals surface area (Å²) in [6.07, 6.45) is -0.764. The average molecular weight is 442 g/mol. The van der Waals surface area contributed by atoms with E-state index >= 15 is 0 Å². The number of nitrogens with one attached hydrogen (secondary N) is 2. The standard InChI is InChI=1S/C22H23N3O3S2/c1-14-7-6-9-19(15(14)2)28-16(3)21(26)24-25-22(27)18-8-4-5-10-20(18)30-12-17-11-29-13-23-17/h4-11,13,16H,12H2,1-3H3,(H,24,26)(H,25,27)/t16-/m1/s1. The Balaban J connectivity index is 1.57. The highest BCUT2D eigenvalue weighted by Gasteiger charge is 2.18. The van der Waals surface area contributed by atoms with Gasteiger partial charge in [0.25, 0.3) is 11.8 Å². The molecule has 0 aliphatic rings. The molecule has 1 heterocycles. The van der Waals surface area contributed by atoms with E-state index in [4.69, 9.17) is 4.74 Å². The Morgan fingerprint density at radius 1 is 1.13 bits per heavy atom. The molecule has 6 nitrogen and oxygen atoms in total. The molecule has 2 amide bonds. The van der Waals surface area contributed by atoms with Gasteiger partial charge in [-0.15, -0.1) is 23.1 Å². The maximum absolute atomic E-state index is 12.6. The molecule has 0 aliphatic carbocycles. The van der Waals surface area contributed by atoms with E-state index < -0.39 is 12.0 Å². The number of hydrazine groups is 1. The molecule has 0 spiro atoms. The Morgan fingerprint density at radius 2 is 1.93 bits per heavy atom. The lowest BCUT2D eigenvalue weighted by atomic mass is 10.1. The number of thioether (sulfide) groups is 1. The van der Waals surface area contributed by atoms with Crippen molar-refractivity contribution < 1.29 is 14.3 Å². The van der Waals surface area contributed by atoms with Crippen molar-refractivity contribution >= 4 is 34.9 Å². The van der Waals surface area contributed by atoms with Crippen LogP contribution in [0.1, 0.15) is 34.1 Å². The second-order valence-corrected chi connectivity index (χ2v) is 8.40. The predicted molar refractivity (Wildman–Crippen MR) is 120 cm³/mol. The topological polar surface area (TPSA) is 80.3 Å². The third kappa shape index (κ3) is 5.61. The molecule has 1 aromatic heterocycles. The fourth-order valence-corrected chi connectivity index (χ4v) is 4.24. The Kier molecular flexibility index (Phi) is 7.48. The number of ether oxygens (including phenoxy) is 1. The first-order chi connectivity index (χ1) is 14.5. The van der Waals surface area contributed by atoms with Crippen LogP contribution in [0.25, 0.3) is 0 Å². The molecule has 0 bridgehead atoms. The van der Waals surface area contributed by atoms with Crippen LogP contribution in [0, 0.1) is 13.8 Å². The third-order valence-electron chi connectivity index (χ3n) is 4.52. The molecule has 0 unspecified atom stereocenters. The molecular weight excluding hydrogens is 418 g/mol. The van der Waals surface area contributed by atoms with Gasteiger partial charge < -0.3 is 4.74 Å². The van der Waals surface area contributed by atoms with Gasteiger partial charge in [-0.25, -0.2) is 4.98 Å². The van der Waals surface area contributed by atoms with Crippen molar-refractivity contribution in [2.24, 2.45) is 0 Å². The monoisotopic (exact) mass is 441 g/mol. The molecule has 0 saturated carbocycles. The smallest absolute Gasteiger partial charge is 0.279 e. The van der Waals surface area contributed by atoms with Crippen molar-refractivity contribution in [3.05, 3.63) is 75.7 Å². The van der Waals surface area contributed by atoms with Crippen LogP contribution >= 0.6 is 23.1 Å². The minimum Gasteiger partial charge on any atom is -0.481 e. The number of hydrogen-bond donors (Lipinski definition) is 2. The first-order valence-electron chi connectivity index (χ1n) is 9.37. The lowest BCUT2D eigenvalue weighted by Crippen LogP contribution is -2.47. The molecule has 3 aromatic rings. The van der Waals surface area contributed by atoms with Crippen molar-refractivity contribution in [1.82, 2.24) is 15.8 Å². The van der Waals surface area contributed by atoms with Crippen molar-refractivity contribution in [2.75, 3.05) is 0 Å². The van der Waals surface area contributed by atoms with Gasteiger partial charge in [-0.3, -0.25) is 20.4 Å². The number of aryl methyl sites for hydroxylation is 1. The van der Waals surface area contributed by atoms with E-state index in [2.05, 4.69) is 15.8 Å². The number of rotatable bonds is 7. The summed E-state index contributed by atoms with van der Waals surface area (Å²) in [5.41, 5.74) is 10.2. The fourth-order valence-electron chi connectivity index (χ4n) is 2.62. The highest BCUT2D eigenvalue weighted by atomic mass is 32.2. The van der Waals surface area contributed by atoms with Gasteiger partial charge in [0.15, 0.2) is 6.10 Å². The van der Waals surface area contributed by atoms with E-state index in [9.17, 15) is 9.59 Å². The highest BCUT2D eigenvalue weighted by Crippen LogP contribution is 2.26. The predicted octanol–water partition coefficient (Wildman–Crippen LogP) is 4.28. The molecule has 2 aromatic carbocycles. The number of benzene rings is 2. The van der Waals surface area contributed by atoms with Crippen LogP contribution in [0.4, 0.5) is 0 Å². The molecule has 1 atom stereocenters. The molecule has 0 radical (unpaired) electrons. The number of hydrogen-bond acceptors (Lipinski definition) is 6. The number of aromatic nitrogens is 1. The summed E-state index contributed by atoms with van der Waals surface area (Å²) in [6, 6.07) is 12.9. The minimum atomic E-state index is -0.764. The maximum Gasteiger partial charge on any atom is 0.279 e. The van der Waals surface area contributed by atoms with E-state index in [1.54, 1.807) is 24.6 Å². The molecule has 0 saturated heterocycles.